The van der Waals surface area contributed by atoms with Gasteiger partial charge < -0.3 is 5.73 Å². The maximum absolute atomic E-state index is 5.63. The molecule has 4 nitrogen and oxygen atoms in total. The number of nitrogens with zero attached hydrogens (tertiary/aromatic N) is 3. The summed E-state index contributed by atoms with van der Waals surface area (Å²) in [6.45, 7) is 0.510. The van der Waals surface area contributed by atoms with Gasteiger partial charge in [-0.15, -0.1) is 0 Å². The molecule has 0 saturated carbocycles. The van der Waals surface area contributed by atoms with Crippen LogP contribution in [0.1, 0.15) is 5.56 Å². The highest BCUT2D eigenvalue weighted by Crippen LogP contribution is 2.27. The van der Waals surface area contributed by atoms with Gasteiger partial charge in [0, 0.05) is 30.0 Å². The largest absolute Gasteiger partial charge is 0.326 e. The topological polar surface area (TPSA) is 64.7 Å². The van der Waals surface area contributed by atoms with Crippen molar-refractivity contribution in [3.63, 3.8) is 0 Å². The summed E-state index contributed by atoms with van der Waals surface area (Å²) in [4.78, 5) is 13.1. The molecule has 2 aromatic heterocycles. The Balaban J connectivity index is 2.24. The van der Waals surface area contributed by atoms with Crippen LogP contribution in [0, 0.1) is 0 Å². The molecular formula is C10H10N4S. The summed E-state index contributed by atoms with van der Waals surface area (Å²) in [6, 6.07) is 3.78. The molecule has 0 bridgehead atoms. The van der Waals surface area contributed by atoms with E-state index in [0.29, 0.717) is 6.54 Å². The van der Waals surface area contributed by atoms with E-state index in [-0.39, 0.29) is 0 Å². The molecular weight excluding hydrogens is 208 g/mol. The zero-order chi connectivity index (χ0) is 10.5. The lowest BCUT2D eigenvalue weighted by atomic mass is 10.3. The normalized spacial score (nSPS) is 10.2. The molecule has 0 unspecified atom stereocenters. The molecule has 0 aliphatic rings. The molecule has 0 aliphatic carbocycles. The van der Waals surface area contributed by atoms with Crippen molar-refractivity contribution in [2.75, 3.05) is 0 Å². The van der Waals surface area contributed by atoms with Gasteiger partial charge in [0.2, 0.25) is 0 Å². The maximum Gasteiger partial charge on any atom is 0.116 e. The second-order valence-electron chi connectivity index (χ2n) is 2.84. The maximum atomic E-state index is 5.63. The van der Waals surface area contributed by atoms with E-state index < -0.39 is 0 Å². The first-order chi connectivity index (χ1) is 7.40. The number of aromatic nitrogens is 3. The number of hydrogen-bond acceptors (Lipinski definition) is 5. The summed E-state index contributed by atoms with van der Waals surface area (Å²) in [7, 11) is 0. The minimum absolute atomic E-state index is 0.510. The van der Waals surface area contributed by atoms with Crippen LogP contribution in [0.15, 0.2) is 47.0 Å². The molecule has 2 rings (SSSR count). The minimum Gasteiger partial charge on any atom is -0.326 e. The van der Waals surface area contributed by atoms with E-state index in [4.69, 9.17) is 5.73 Å². The Hall–Kier alpha value is -1.46. The fourth-order valence-electron chi connectivity index (χ4n) is 1.12. The van der Waals surface area contributed by atoms with Gasteiger partial charge >= 0.3 is 0 Å². The highest BCUT2D eigenvalue weighted by atomic mass is 32.2. The zero-order valence-electron chi connectivity index (χ0n) is 8.00. The predicted molar refractivity (Wildman–Crippen MR) is 58.3 cm³/mol. The molecule has 0 saturated heterocycles. The lowest BCUT2D eigenvalue weighted by Gasteiger charge is -2.04. The van der Waals surface area contributed by atoms with Gasteiger partial charge in [0.1, 0.15) is 11.4 Å². The first kappa shape index (κ1) is 10.1. The molecule has 2 heterocycles. The van der Waals surface area contributed by atoms with Crippen LogP contribution in [0.4, 0.5) is 0 Å². The van der Waals surface area contributed by atoms with E-state index in [9.17, 15) is 0 Å². The van der Waals surface area contributed by atoms with Crippen LogP contribution in [0.3, 0.4) is 0 Å². The van der Waals surface area contributed by atoms with Crippen LogP contribution in [0.5, 0.6) is 0 Å². The average molecular weight is 218 g/mol. The summed E-state index contributed by atoms with van der Waals surface area (Å²) in [5.74, 6) is 0. The van der Waals surface area contributed by atoms with Crippen LogP contribution in [0.25, 0.3) is 0 Å². The molecule has 0 atom stereocenters. The number of hydrogen-bond donors (Lipinski definition) is 1. The van der Waals surface area contributed by atoms with Crippen molar-refractivity contribution in [1.82, 2.24) is 15.0 Å². The van der Waals surface area contributed by atoms with E-state index in [1.807, 2.05) is 12.1 Å². The fraction of sp³-hybridized carbons (Fsp3) is 0.100. The summed E-state index contributed by atoms with van der Waals surface area (Å²) in [6.07, 6.45) is 6.79. The Morgan fingerprint density at radius 1 is 1.20 bits per heavy atom. The van der Waals surface area contributed by atoms with Crippen LogP contribution in [0.2, 0.25) is 0 Å². The van der Waals surface area contributed by atoms with E-state index in [2.05, 4.69) is 15.0 Å². The first-order valence-electron chi connectivity index (χ1n) is 4.47. The van der Waals surface area contributed by atoms with Gasteiger partial charge in [-0.05, 0) is 17.7 Å². The van der Waals surface area contributed by atoms with Crippen molar-refractivity contribution in [1.29, 1.82) is 0 Å². The van der Waals surface area contributed by atoms with Gasteiger partial charge in [-0.3, -0.25) is 4.98 Å². The highest BCUT2D eigenvalue weighted by molar-refractivity contribution is 7.99. The third-order valence-corrected chi connectivity index (χ3v) is 2.90. The molecule has 2 aromatic rings. The third-order valence-electron chi connectivity index (χ3n) is 1.86. The molecule has 15 heavy (non-hydrogen) atoms. The Bertz CT molecular complexity index is 432. The SMILES string of the molecule is NCc1ccncc1Sc1ccncn1. The van der Waals surface area contributed by atoms with Gasteiger partial charge in [0.15, 0.2) is 0 Å². The van der Waals surface area contributed by atoms with Crippen molar-refractivity contribution in [3.05, 3.63) is 42.6 Å². The van der Waals surface area contributed by atoms with E-state index >= 15 is 0 Å². The van der Waals surface area contributed by atoms with Crippen LogP contribution < -0.4 is 5.73 Å². The highest BCUT2D eigenvalue weighted by Gasteiger charge is 2.03. The molecule has 0 fully saturated rings. The van der Waals surface area contributed by atoms with E-state index in [0.717, 1.165) is 15.5 Å². The third kappa shape index (κ3) is 2.51. The van der Waals surface area contributed by atoms with Gasteiger partial charge in [-0.1, -0.05) is 11.8 Å². The van der Waals surface area contributed by atoms with Crippen molar-refractivity contribution in [2.24, 2.45) is 5.73 Å². The summed E-state index contributed by atoms with van der Waals surface area (Å²) in [5.41, 5.74) is 6.71. The van der Waals surface area contributed by atoms with Crippen molar-refractivity contribution < 1.29 is 0 Å². The molecule has 2 N–H and O–H groups in total. The molecule has 0 amide bonds. The number of nitrogens with two attached hydrogens (primary N) is 1. The van der Waals surface area contributed by atoms with Crippen LogP contribution in [-0.2, 0) is 6.54 Å². The summed E-state index contributed by atoms with van der Waals surface area (Å²) < 4.78 is 0. The van der Waals surface area contributed by atoms with Crippen molar-refractivity contribution >= 4 is 11.8 Å². The van der Waals surface area contributed by atoms with Crippen LogP contribution >= 0.6 is 11.8 Å². The second-order valence-corrected chi connectivity index (χ2v) is 3.90. The lowest BCUT2D eigenvalue weighted by Crippen LogP contribution is -1.98. The molecule has 0 spiro atoms. The Kier molecular flexibility index (Phi) is 3.26. The van der Waals surface area contributed by atoms with Gasteiger partial charge in [-0.25, -0.2) is 9.97 Å². The Morgan fingerprint density at radius 3 is 2.80 bits per heavy atom. The zero-order valence-corrected chi connectivity index (χ0v) is 8.81. The average Bonchev–Trinajstić information content (AvgIpc) is 2.31. The molecule has 5 heteroatoms. The first-order valence-corrected chi connectivity index (χ1v) is 5.28. The monoisotopic (exact) mass is 218 g/mol. The number of pyridine rings is 1. The second kappa shape index (κ2) is 4.86. The smallest absolute Gasteiger partial charge is 0.116 e. The lowest BCUT2D eigenvalue weighted by molar-refractivity contribution is 0.996. The summed E-state index contributed by atoms with van der Waals surface area (Å²) >= 11 is 1.55. The fourth-order valence-corrected chi connectivity index (χ4v) is 1.97. The van der Waals surface area contributed by atoms with E-state index in [1.165, 1.54) is 6.33 Å². The van der Waals surface area contributed by atoms with E-state index in [1.54, 1.807) is 30.4 Å². The minimum atomic E-state index is 0.510. The predicted octanol–water partition coefficient (Wildman–Crippen LogP) is 1.48. The van der Waals surface area contributed by atoms with Crippen molar-refractivity contribution in [2.45, 2.75) is 16.5 Å². The Morgan fingerprint density at radius 2 is 2.07 bits per heavy atom. The van der Waals surface area contributed by atoms with Crippen molar-refractivity contribution in [3.8, 4) is 0 Å². The van der Waals surface area contributed by atoms with Gasteiger partial charge in [0.05, 0.1) is 0 Å². The van der Waals surface area contributed by atoms with Gasteiger partial charge in [-0.2, -0.15) is 0 Å². The quantitative estimate of drug-likeness (QED) is 0.790. The molecule has 0 aliphatic heterocycles. The van der Waals surface area contributed by atoms with Gasteiger partial charge in [0.25, 0.3) is 0 Å². The molecule has 0 aromatic carbocycles. The standard InChI is InChI=1S/C10H10N4S/c11-5-8-1-3-12-6-9(8)15-10-2-4-13-7-14-10/h1-4,6-7H,5,11H2. The number of rotatable bonds is 3. The summed E-state index contributed by atoms with van der Waals surface area (Å²) in [5, 5.41) is 0.896. The molecule has 76 valence electrons. The molecule has 0 radical (unpaired) electrons. The van der Waals surface area contributed by atoms with Crippen LogP contribution in [-0.4, -0.2) is 15.0 Å². The Labute approximate surface area is 92.0 Å².